The molecule has 0 spiro atoms. The fourth-order valence-electron chi connectivity index (χ4n) is 1.82. The number of rotatable bonds is 13. The lowest BCUT2D eigenvalue weighted by atomic mass is 10.1. The Balaban J connectivity index is 3.55. The topological polar surface area (TPSA) is 36.9 Å². The highest BCUT2D eigenvalue weighted by Gasteiger charge is 2.30. The van der Waals surface area contributed by atoms with Gasteiger partial charge >= 0.3 is 0 Å². The third-order valence-electron chi connectivity index (χ3n) is 3.01. The summed E-state index contributed by atoms with van der Waals surface area (Å²) in [6.07, 6.45) is 7.94. The number of unbranched alkanes of at least 4 members (excludes halogenated alkanes) is 5. The van der Waals surface area contributed by atoms with Crippen LogP contribution in [0.25, 0.3) is 0 Å². The number of methoxy groups -OCH3 is 3. The molecule has 0 aromatic rings. The van der Waals surface area contributed by atoms with E-state index in [1.807, 2.05) is 0 Å². The largest absolute Gasteiger partial charge is 0.376 e. The van der Waals surface area contributed by atoms with Crippen molar-refractivity contribution in [3.05, 3.63) is 0 Å². The van der Waals surface area contributed by atoms with Gasteiger partial charge in [-0.3, -0.25) is 0 Å². The van der Waals surface area contributed by atoms with Crippen molar-refractivity contribution in [2.45, 2.75) is 57.5 Å². The fourth-order valence-corrected chi connectivity index (χ4v) is 3.16. The van der Waals surface area contributed by atoms with E-state index >= 15 is 0 Å². The van der Waals surface area contributed by atoms with Crippen molar-refractivity contribution in [1.29, 1.82) is 0 Å². The van der Waals surface area contributed by atoms with Crippen molar-refractivity contribution in [3.8, 4) is 0 Å². The molecule has 0 aromatic carbocycles. The Labute approximate surface area is 114 Å². The standard InChI is InChI=1S/C13H30O4Si/c1-5-6-7-8-9-10-11-18-17-13(15-3,16-4)12-14-2/h5-12,18H2,1-4H3. The van der Waals surface area contributed by atoms with E-state index in [-0.39, 0.29) is 0 Å². The van der Waals surface area contributed by atoms with E-state index in [0.29, 0.717) is 6.61 Å². The van der Waals surface area contributed by atoms with Gasteiger partial charge in [0.2, 0.25) is 0 Å². The predicted molar refractivity (Wildman–Crippen MR) is 76.4 cm³/mol. The Morgan fingerprint density at radius 2 is 1.50 bits per heavy atom. The van der Waals surface area contributed by atoms with E-state index in [1.165, 1.54) is 44.6 Å². The van der Waals surface area contributed by atoms with Crippen LogP contribution in [0.5, 0.6) is 0 Å². The van der Waals surface area contributed by atoms with Crippen LogP contribution in [0.1, 0.15) is 45.4 Å². The third-order valence-corrected chi connectivity index (χ3v) is 4.45. The molecular formula is C13H30O4Si. The molecule has 110 valence electrons. The minimum absolute atomic E-state index is 0.309. The van der Waals surface area contributed by atoms with Crippen LogP contribution in [-0.4, -0.2) is 43.7 Å². The second-order valence-electron chi connectivity index (χ2n) is 4.49. The predicted octanol–water partition coefficient (Wildman–Crippen LogP) is 2.46. The first kappa shape index (κ1) is 18.1. The van der Waals surface area contributed by atoms with E-state index in [0.717, 1.165) is 0 Å². The summed E-state index contributed by atoms with van der Waals surface area (Å²) in [6.45, 7) is 2.55. The molecule has 0 bridgehead atoms. The van der Waals surface area contributed by atoms with Gasteiger partial charge in [-0.2, -0.15) is 0 Å². The van der Waals surface area contributed by atoms with Gasteiger partial charge in [0.1, 0.15) is 6.61 Å². The molecule has 5 heteroatoms. The zero-order valence-electron chi connectivity index (χ0n) is 12.5. The molecule has 0 heterocycles. The maximum Gasteiger partial charge on any atom is 0.297 e. The Hall–Kier alpha value is 0.0569. The van der Waals surface area contributed by atoms with Crippen molar-refractivity contribution < 1.29 is 18.6 Å². The molecule has 0 N–H and O–H groups in total. The van der Waals surface area contributed by atoms with Crippen LogP contribution < -0.4 is 0 Å². The van der Waals surface area contributed by atoms with Crippen molar-refractivity contribution in [1.82, 2.24) is 0 Å². The normalized spacial score (nSPS) is 12.7. The fraction of sp³-hybridized carbons (Fsp3) is 1.00. The number of ether oxygens (including phenoxy) is 3. The Bertz CT molecular complexity index is 174. The molecular weight excluding hydrogens is 248 g/mol. The maximum absolute atomic E-state index is 5.77. The second kappa shape index (κ2) is 12.1. The molecule has 0 radical (unpaired) electrons. The summed E-state index contributed by atoms with van der Waals surface area (Å²) in [5.74, 6) is -0.983. The first-order chi connectivity index (χ1) is 8.74. The van der Waals surface area contributed by atoms with Crippen LogP contribution >= 0.6 is 0 Å². The molecule has 0 amide bonds. The minimum Gasteiger partial charge on any atom is -0.376 e. The highest BCUT2D eigenvalue weighted by atomic mass is 28.2. The summed E-state index contributed by atoms with van der Waals surface area (Å²) in [4.78, 5) is 0. The Morgan fingerprint density at radius 1 is 0.889 bits per heavy atom. The summed E-state index contributed by atoms with van der Waals surface area (Å²) < 4.78 is 21.3. The van der Waals surface area contributed by atoms with E-state index in [4.69, 9.17) is 18.6 Å². The van der Waals surface area contributed by atoms with Gasteiger partial charge in [-0.1, -0.05) is 45.4 Å². The maximum atomic E-state index is 5.77. The van der Waals surface area contributed by atoms with Crippen LogP contribution in [0.3, 0.4) is 0 Å². The van der Waals surface area contributed by atoms with Gasteiger partial charge in [0.05, 0.1) is 0 Å². The molecule has 4 nitrogen and oxygen atoms in total. The molecule has 0 atom stereocenters. The van der Waals surface area contributed by atoms with E-state index in [9.17, 15) is 0 Å². The molecule has 0 fully saturated rings. The molecule has 0 saturated heterocycles. The molecule has 0 rings (SSSR count). The molecule has 0 aromatic heterocycles. The van der Waals surface area contributed by atoms with Gasteiger partial charge in [0.15, 0.2) is 9.76 Å². The highest BCUT2D eigenvalue weighted by Crippen LogP contribution is 2.14. The molecule has 0 aliphatic carbocycles. The second-order valence-corrected chi connectivity index (χ2v) is 5.90. The minimum atomic E-state index is -0.983. The van der Waals surface area contributed by atoms with Gasteiger partial charge in [0.25, 0.3) is 5.97 Å². The van der Waals surface area contributed by atoms with Crippen LogP contribution in [-0.2, 0) is 18.6 Å². The van der Waals surface area contributed by atoms with Crippen molar-refractivity contribution >= 4 is 9.76 Å². The van der Waals surface area contributed by atoms with Crippen LogP contribution in [0.15, 0.2) is 0 Å². The number of hydrogen-bond acceptors (Lipinski definition) is 4. The lowest BCUT2D eigenvalue weighted by Crippen LogP contribution is -2.42. The zero-order chi connectivity index (χ0) is 13.7. The lowest BCUT2D eigenvalue weighted by Gasteiger charge is -2.29. The summed E-state index contributed by atoms with van der Waals surface area (Å²) in [7, 11) is 4.18. The van der Waals surface area contributed by atoms with Gasteiger partial charge in [-0.05, 0) is 6.04 Å². The summed E-state index contributed by atoms with van der Waals surface area (Å²) >= 11 is 0. The molecule has 0 aliphatic heterocycles. The van der Waals surface area contributed by atoms with Crippen molar-refractivity contribution in [3.63, 3.8) is 0 Å². The van der Waals surface area contributed by atoms with Crippen molar-refractivity contribution in [2.24, 2.45) is 0 Å². The van der Waals surface area contributed by atoms with Crippen LogP contribution in [0, 0.1) is 0 Å². The first-order valence-electron chi connectivity index (χ1n) is 6.98. The SMILES string of the molecule is CCCCCCCC[SiH2]OC(COC)(OC)OC. The molecule has 0 unspecified atom stereocenters. The molecule has 0 aliphatic rings. The van der Waals surface area contributed by atoms with E-state index in [1.54, 1.807) is 21.3 Å². The van der Waals surface area contributed by atoms with Crippen molar-refractivity contribution in [2.75, 3.05) is 27.9 Å². The van der Waals surface area contributed by atoms with E-state index in [2.05, 4.69) is 6.92 Å². The zero-order valence-corrected chi connectivity index (χ0v) is 13.9. The Kier molecular flexibility index (Phi) is 12.1. The van der Waals surface area contributed by atoms with Gasteiger partial charge in [-0.25, -0.2) is 0 Å². The highest BCUT2D eigenvalue weighted by molar-refractivity contribution is 6.27. The summed E-state index contributed by atoms with van der Waals surface area (Å²) in [5, 5.41) is 0. The monoisotopic (exact) mass is 278 g/mol. The van der Waals surface area contributed by atoms with Crippen LogP contribution in [0.4, 0.5) is 0 Å². The summed E-state index contributed by atoms with van der Waals surface area (Å²) in [5.41, 5.74) is 0. The summed E-state index contributed by atoms with van der Waals surface area (Å²) in [6, 6.07) is 1.17. The molecule has 18 heavy (non-hydrogen) atoms. The average molecular weight is 278 g/mol. The van der Waals surface area contributed by atoms with Gasteiger partial charge < -0.3 is 18.6 Å². The van der Waals surface area contributed by atoms with Gasteiger partial charge in [0, 0.05) is 21.3 Å². The number of hydrogen-bond donors (Lipinski definition) is 0. The van der Waals surface area contributed by atoms with E-state index < -0.39 is 15.7 Å². The lowest BCUT2D eigenvalue weighted by molar-refractivity contribution is -0.339. The van der Waals surface area contributed by atoms with Gasteiger partial charge in [-0.15, -0.1) is 0 Å². The smallest absolute Gasteiger partial charge is 0.297 e. The Morgan fingerprint density at radius 3 is 2.06 bits per heavy atom. The quantitative estimate of drug-likeness (QED) is 0.295. The third kappa shape index (κ3) is 8.21. The first-order valence-corrected chi connectivity index (χ1v) is 8.55. The average Bonchev–Trinajstić information content (AvgIpc) is 2.40. The molecule has 0 saturated carbocycles. The van der Waals surface area contributed by atoms with Crippen LogP contribution in [0.2, 0.25) is 6.04 Å².